The van der Waals surface area contributed by atoms with Gasteiger partial charge in [0.05, 0.1) is 11.8 Å². The van der Waals surface area contributed by atoms with Crippen LogP contribution in [0.3, 0.4) is 0 Å². The second-order valence-electron chi connectivity index (χ2n) is 5.43. The molecule has 0 unspecified atom stereocenters. The summed E-state index contributed by atoms with van der Waals surface area (Å²) >= 11 is 0. The number of pyridine rings is 1. The summed E-state index contributed by atoms with van der Waals surface area (Å²) in [6.07, 6.45) is 0.493. The molecule has 1 aromatic carbocycles. The Morgan fingerprint density at radius 1 is 1.23 bits per heavy atom. The first-order valence-electron chi connectivity index (χ1n) is 7.87. The van der Waals surface area contributed by atoms with Gasteiger partial charge in [-0.1, -0.05) is 23.4 Å². The van der Waals surface area contributed by atoms with E-state index in [0.29, 0.717) is 18.4 Å². The average Bonchev–Trinajstić information content (AvgIpc) is 2.60. The molecule has 0 saturated carbocycles. The van der Waals surface area contributed by atoms with E-state index in [-0.39, 0.29) is 24.2 Å². The number of aromatic nitrogens is 1. The SMILES string of the molecule is O=C(O)CCCCO/N=C/c1cccc(C(F)(F)F)c1-c1cccnc1. The van der Waals surface area contributed by atoms with Crippen molar-refractivity contribution in [3.63, 3.8) is 0 Å². The minimum Gasteiger partial charge on any atom is -0.481 e. The lowest BCUT2D eigenvalue weighted by molar-refractivity contribution is -0.138. The molecule has 0 fully saturated rings. The van der Waals surface area contributed by atoms with E-state index >= 15 is 0 Å². The summed E-state index contributed by atoms with van der Waals surface area (Å²) in [5.74, 6) is -0.890. The highest BCUT2D eigenvalue weighted by atomic mass is 19.4. The zero-order valence-electron chi connectivity index (χ0n) is 13.7. The van der Waals surface area contributed by atoms with Crippen molar-refractivity contribution in [2.75, 3.05) is 6.61 Å². The zero-order chi connectivity index (χ0) is 19.0. The maximum atomic E-state index is 13.4. The van der Waals surface area contributed by atoms with E-state index in [1.54, 1.807) is 12.1 Å². The van der Waals surface area contributed by atoms with Crippen molar-refractivity contribution in [2.24, 2.45) is 5.16 Å². The lowest BCUT2D eigenvalue weighted by Crippen LogP contribution is -2.09. The van der Waals surface area contributed by atoms with Crippen LogP contribution >= 0.6 is 0 Å². The Bertz CT molecular complexity index is 762. The van der Waals surface area contributed by atoms with E-state index in [1.807, 2.05) is 0 Å². The number of hydrogen-bond acceptors (Lipinski definition) is 4. The molecule has 138 valence electrons. The van der Waals surface area contributed by atoms with Gasteiger partial charge in [0, 0.05) is 35.5 Å². The van der Waals surface area contributed by atoms with Gasteiger partial charge in [-0.25, -0.2) is 0 Å². The number of benzene rings is 1. The van der Waals surface area contributed by atoms with Crippen LogP contribution in [0.5, 0.6) is 0 Å². The first kappa shape index (κ1) is 19.4. The van der Waals surface area contributed by atoms with Crippen LogP contribution < -0.4 is 0 Å². The van der Waals surface area contributed by atoms with Crippen LogP contribution in [0.1, 0.15) is 30.4 Å². The summed E-state index contributed by atoms with van der Waals surface area (Å²) < 4.78 is 40.1. The standard InChI is InChI=1S/C18H17F3N2O3/c19-18(20,21)15-7-3-5-14(17(15)13-6-4-9-22-11-13)12-23-26-10-2-1-8-16(24)25/h3-7,9,11-12H,1-2,8,10H2,(H,24,25)/b23-12+. The number of rotatable bonds is 8. The topological polar surface area (TPSA) is 71.8 Å². The molecule has 0 radical (unpaired) electrons. The summed E-state index contributed by atoms with van der Waals surface area (Å²) in [5, 5.41) is 12.2. The number of aliphatic carboxylic acids is 1. The highest BCUT2D eigenvalue weighted by molar-refractivity contribution is 5.91. The van der Waals surface area contributed by atoms with Gasteiger partial charge in [0.1, 0.15) is 6.61 Å². The molecule has 26 heavy (non-hydrogen) atoms. The van der Waals surface area contributed by atoms with Crippen molar-refractivity contribution < 1.29 is 27.9 Å². The third-order valence-corrected chi connectivity index (χ3v) is 3.49. The molecule has 8 heteroatoms. The first-order chi connectivity index (χ1) is 12.4. The summed E-state index contributed by atoms with van der Waals surface area (Å²) in [4.78, 5) is 19.3. The number of carbonyl (C=O) groups is 1. The molecule has 0 atom stereocenters. The Balaban J connectivity index is 2.18. The number of alkyl halides is 3. The van der Waals surface area contributed by atoms with Crippen LogP contribution in [-0.4, -0.2) is 28.9 Å². The molecular weight excluding hydrogens is 349 g/mol. The Morgan fingerprint density at radius 3 is 2.69 bits per heavy atom. The van der Waals surface area contributed by atoms with Gasteiger partial charge in [0.25, 0.3) is 0 Å². The summed E-state index contributed by atoms with van der Waals surface area (Å²) in [6, 6.07) is 6.92. The van der Waals surface area contributed by atoms with E-state index in [2.05, 4.69) is 10.1 Å². The van der Waals surface area contributed by atoms with Crippen LogP contribution in [0.4, 0.5) is 13.2 Å². The summed E-state index contributed by atoms with van der Waals surface area (Å²) in [7, 11) is 0. The molecule has 0 bridgehead atoms. The van der Waals surface area contributed by atoms with Crippen LogP contribution in [-0.2, 0) is 15.8 Å². The predicted molar refractivity (Wildman–Crippen MR) is 89.7 cm³/mol. The first-order valence-corrected chi connectivity index (χ1v) is 7.87. The lowest BCUT2D eigenvalue weighted by Gasteiger charge is -2.15. The predicted octanol–water partition coefficient (Wildman–Crippen LogP) is 4.37. The van der Waals surface area contributed by atoms with Crippen LogP contribution in [0, 0.1) is 0 Å². The van der Waals surface area contributed by atoms with E-state index in [4.69, 9.17) is 9.94 Å². The van der Waals surface area contributed by atoms with Gasteiger partial charge in [-0.15, -0.1) is 0 Å². The zero-order valence-corrected chi connectivity index (χ0v) is 13.7. The van der Waals surface area contributed by atoms with E-state index in [0.717, 1.165) is 6.07 Å². The molecule has 0 spiro atoms. The largest absolute Gasteiger partial charge is 0.481 e. The van der Waals surface area contributed by atoms with Crippen LogP contribution in [0.25, 0.3) is 11.1 Å². The summed E-state index contributed by atoms with van der Waals surface area (Å²) in [6.45, 7) is 0.185. The van der Waals surface area contributed by atoms with E-state index in [9.17, 15) is 18.0 Å². The molecule has 0 aliphatic rings. The molecule has 0 aliphatic carbocycles. The molecule has 2 rings (SSSR count). The van der Waals surface area contributed by atoms with Crippen molar-refractivity contribution in [3.05, 3.63) is 53.9 Å². The van der Waals surface area contributed by atoms with Crippen molar-refractivity contribution >= 4 is 12.2 Å². The fraction of sp³-hybridized carbons (Fsp3) is 0.278. The molecule has 0 saturated heterocycles. The van der Waals surface area contributed by atoms with Crippen molar-refractivity contribution in [3.8, 4) is 11.1 Å². The second-order valence-corrected chi connectivity index (χ2v) is 5.43. The van der Waals surface area contributed by atoms with Crippen molar-refractivity contribution in [1.29, 1.82) is 0 Å². The molecule has 5 nitrogen and oxygen atoms in total. The average molecular weight is 366 g/mol. The fourth-order valence-corrected chi connectivity index (χ4v) is 2.34. The van der Waals surface area contributed by atoms with Crippen LogP contribution in [0.15, 0.2) is 47.9 Å². The lowest BCUT2D eigenvalue weighted by atomic mass is 9.95. The number of oxime groups is 1. The smallest absolute Gasteiger partial charge is 0.417 e. The molecule has 1 N–H and O–H groups in total. The number of unbranched alkanes of at least 4 members (excludes halogenated alkanes) is 1. The molecule has 1 aromatic heterocycles. The Labute approximate surface area is 148 Å². The van der Waals surface area contributed by atoms with Crippen molar-refractivity contribution in [2.45, 2.75) is 25.4 Å². The number of halogens is 3. The summed E-state index contributed by atoms with van der Waals surface area (Å²) in [5.41, 5.74) is -0.232. The van der Waals surface area contributed by atoms with Gasteiger partial charge >= 0.3 is 12.1 Å². The highest BCUT2D eigenvalue weighted by Gasteiger charge is 2.34. The number of hydrogen-bond donors (Lipinski definition) is 1. The highest BCUT2D eigenvalue weighted by Crippen LogP contribution is 2.38. The van der Waals surface area contributed by atoms with Gasteiger partial charge in [0.15, 0.2) is 0 Å². The second kappa shape index (κ2) is 8.98. The number of carboxylic acid groups (broad SMARTS) is 1. The van der Waals surface area contributed by atoms with E-state index < -0.39 is 17.7 Å². The van der Waals surface area contributed by atoms with Gasteiger partial charge in [-0.3, -0.25) is 9.78 Å². The maximum absolute atomic E-state index is 13.4. The third-order valence-electron chi connectivity index (χ3n) is 3.49. The van der Waals surface area contributed by atoms with Gasteiger partial charge < -0.3 is 9.94 Å². The molecular formula is C18H17F3N2O3. The van der Waals surface area contributed by atoms with Gasteiger partial charge in [-0.05, 0) is 25.0 Å². The quantitative estimate of drug-likeness (QED) is 0.428. The van der Waals surface area contributed by atoms with Gasteiger partial charge in [-0.2, -0.15) is 13.2 Å². The monoisotopic (exact) mass is 366 g/mol. The fourth-order valence-electron chi connectivity index (χ4n) is 2.34. The van der Waals surface area contributed by atoms with Gasteiger partial charge in [0.2, 0.25) is 0 Å². The van der Waals surface area contributed by atoms with Crippen LogP contribution in [0.2, 0.25) is 0 Å². The molecule has 0 amide bonds. The minimum atomic E-state index is -4.52. The van der Waals surface area contributed by atoms with Crippen molar-refractivity contribution in [1.82, 2.24) is 4.98 Å². The number of carboxylic acids is 1. The molecule has 1 heterocycles. The number of nitrogens with zero attached hydrogens (tertiary/aromatic N) is 2. The minimum absolute atomic E-state index is 0.0219. The molecule has 2 aromatic rings. The maximum Gasteiger partial charge on any atom is 0.417 e. The Kier molecular flexibility index (Phi) is 6.71. The Hall–Kier alpha value is -2.90. The Morgan fingerprint density at radius 2 is 2.04 bits per heavy atom. The third kappa shape index (κ3) is 5.58. The van der Waals surface area contributed by atoms with E-state index in [1.165, 1.54) is 30.7 Å². The molecule has 0 aliphatic heterocycles. The normalized spacial score (nSPS) is 11.7.